The summed E-state index contributed by atoms with van der Waals surface area (Å²) < 4.78 is 16.5. The van der Waals surface area contributed by atoms with Crippen LogP contribution in [0.1, 0.15) is 25.5 Å². The van der Waals surface area contributed by atoms with E-state index in [0.29, 0.717) is 6.61 Å². The molecule has 88 valence electrons. The second kappa shape index (κ2) is 4.80. The number of rotatable bonds is 2. The molecule has 0 saturated carbocycles. The molecule has 2 rings (SSSR count). The normalized spacial score (nSPS) is 28.9. The Bertz CT molecular complexity index is 339. The molecule has 16 heavy (non-hydrogen) atoms. The highest BCUT2D eigenvalue weighted by molar-refractivity contribution is 7.41. The van der Waals surface area contributed by atoms with Crippen LogP contribution in [-0.4, -0.2) is 13.7 Å². The van der Waals surface area contributed by atoms with Crippen molar-refractivity contribution in [3.05, 3.63) is 35.9 Å². The van der Waals surface area contributed by atoms with Crippen LogP contribution in [0.3, 0.4) is 0 Å². The van der Waals surface area contributed by atoms with Crippen molar-refractivity contribution in [3.8, 4) is 0 Å². The third kappa shape index (κ3) is 2.44. The molecule has 0 aliphatic carbocycles. The highest BCUT2D eigenvalue weighted by Gasteiger charge is 2.40. The largest absolute Gasteiger partial charge is 0.333 e. The van der Waals surface area contributed by atoms with E-state index in [-0.39, 0.29) is 11.5 Å². The number of hydrogen-bond donors (Lipinski definition) is 0. The molecule has 1 saturated heterocycles. The van der Waals surface area contributed by atoms with Crippen molar-refractivity contribution in [1.29, 1.82) is 0 Å². The van der Waals surface area contributed by atoms with Gasteiger partial charge in [-0.2, -0.15) is 0 Å². The van der Waals surface area contributed by atoms with Crippen molar-refractivity contribution < 1.29 is 13.6 Å². The van der Waals surface area contributed by atoms with Crippen LogP contribution in [0.5, 0.6) is 0 Å². The standard InChI is InChI=1S/C12H17O3P/c1-12(2)9-14-16(13-3)15-11(12)10-7-5-4-6-8-10/h4-8,11H,9H2,1-3H3/t11-,16-/m0/s1. The van der Waals surface area contributed by atoms with Crippen molar-refractivity contribution in [1.82, 2.24) is 0 Å². The van der Waals surface area contributed by atoms with Gasteiger partial charge in [-0.15, -0.1) is 0 Å². The Balaban J connectivity index is 2.22. The summed E-state index contributed by atoms with van der Waals surface area (Å²) in [5, 5.41) is 0. The molecule has 3 nitrogen and oxygen atoms in total. The minimum absolute atomic E-state index is 0.0291. The van der Waals surface area contributed by atoms with Crippen LogP contribution in [0, 0.1) is 5.41 Å². The fourth-order valence-electron chi connectivity index (χ4n) is 1.79. The van der Waals surface area contributed by atoms with Gasteiger partial charge in [0, 0.05) is 12.5 Å². The molecule has 4 heteroatoms. The molecule has 1 fully saturated rings. The van der Waals surface area contributed by atoms with Crippen molar-refractivity contribution in [2.24, 2.45) is 5.41 Å². The molecule has 2 atom stereocenters. The van der Waals surface area contributed by atoms with Gasteiger partial charge >= 0.3 is 8.60 Å². The van der Waals surface area contributed by atoms with Crippen LogP contribution in [0.15, 0.2) is 30.3 Å². The van der Waals surface area contributed by atoms with Gasteiger partial charge in [0.25, 0.3) is 0 Å². The van der Waals surface area contributed by atoms with E-state index < -0.39 is 8.60 Å². The Kier molecular flexibility index (Phi) is 3.60. The Morgan fingerprint density at radius 3 is 2.62 bits per heavy atom. The molecule has 0 aromatic heterocycles. The fraction of sp³-hybridized carbons (Fsp3) is 0.500. The van der Waals surface area contributed by atoms with Crippen molar-refractivity contribution in [2.45, 2.75) is 20.0 Å². The first kappa shape index (κ1) is 12.0. The fourth-order valence-corrected chi connectivity index (χ4v) is 3.06. The molecule has 0 bridgehead atoms. The van der Waals surface area contributed by atoms with E-state index in [4.69, 9.17) is 13.6 Å². The third-order valence-electron chi connectivity index (χ3n) is 2.69. The lowest BCUT2D eigenvalue weighted by Gasteiger charge is -2.40. The van der Waals surface area contributed by atoms with Crippen molar-refractivity contribution in [3.63, 3.8) is 0 Å². The lowest BCUT2D eigenvalue weighted by atomic mass is 9.83. The summed E-state index contributed by atoms with van der Waals surface area (Å²) in [6.07, 6.45) is 0.0357. The monoisotopic (exact) mass is 240 g/mol. The van der Waals surface area contributed by atoms with Gasteiger partial charge < -0.3 is 13.6 Å². The van der Waals surface area contributed by atoms with Crippen LogP contribution in [0.4, 0.5) is 0 Å². The molecule has 1 aliphatic heterocycles. The molecule has 1 heterocycles. The molecule has 0 unspecified atom stereocenters. The van der Waals surface area contributed by atoms with E-state index in [1.54, 1.807) is 7.11 Å². The first-order valence-corrected chi connectivity index (χ1v) is 6.42. The van der Waals surface area contributed by atoms with E-state index in [1.165, 1.54) is 5.56 Å². The van der Waals surface area contributed by atoms with Crippen molar-refractivity contribution >= 4 is 8.60 Å². The molecule has 1 aliphatic rings. The Labute approximate surface area is 97.7 Å². The second-order valence-electron chi connectivity index (χ2n) is 4.56. The van der Waals surface area contributed by atoms with E-state index in [2.05, 4.69) is 26.0 Å². The minimum atomic E-state index is -1.19. The first-order valence-electron chi connectivity index (χ1n) is 5.32. The molecule has 1 aromatic rings. The first-order chi connectivity index (χ1) is 7.63. The predicted octanol–water partition coefficient (Wildman–Crippen LogP) is 3.67. The number of benzene rings is 1. The summed E-state index contributed by atoms with van der Waals surface area (Å²) >= 11 is 0. The summed E-state index contributed by atoms with van der Waals surface area (Å²) in [7, 11) is 0.426. The van der Waals surface area contributed by atoms with Gasteiger partial charge in [-0.05, 0) is 5.56 Å². The SMILES string of the molecule is CO[P@@]1OCC(C)(C)[C@H](c2ccccc2)O1. The van der Waals surface area contributed by atoms with Gasteiger partial charge in [-0.1, -0.05) is 44.2 Å². The zero-order chi connectivity index (χ0) is 11.6. The van der Waals surface area contributed by atoms with Crippen LogP contribution in [0.25, 0.3) is 0 Å². The third-order valence-corrected chi connectivity index (χ3v) is 3.72. The predicted molar refractivity (Wildman–Crippen MR) is 63.9 cm³/mol. The summed E-state index contributed by atoms with van der Waals surface area (Å²) in [5.41, 5.74) is 1.15. The minimum Gasteiger partial charge on any atom is -0.316 e. The summed E-state index contributed by atoms with van der Waals surface area (Å²) in [5.74, 6) is 0. The maximum Gasteiger partial charge on any atom is 0.333 e. The van der Waals surface area contributed by atoms with Gasteiger partial charge in [0.1, 0.15) is 0 Å². The molecular formula is C12H17O3P. The smallest absolute Gasteiger partial charge is 0.316 e. The van der Waals surface area contributed by atoms with Crippen LogP contribution in [-0.2, 0) is 13.6 Å². The molecule has 0 radical (unpaired) electrons. The average Bonchev–Trinajstić information content (AvgIpc) is 2.30. The van der Waals surface area contributed by atoms with Crippen LogP contribution >= 0.6 is 8.60 Å². The molecular weight excluding hydrogens is 223 g/mol. The van der Waals surface area contributed by atoms with E-state index in [1.807, 2.05) is 18.2 Å². The Morgan fingerprint density at radius 1 is 1.31 bits per heavy atom. The second-order valence-corrected chi connectivity index (χ2v) is 5.85. The van der Waals surface area contributed by atoms with E-state index in [9.17, 15) is 0 Å². The van der Waals surface area contributed by atoms with E-state index in [0.717, 1.165) is 0 Å². The highest BCUT2D eigenvalue weighted by atomic mass is 31.2. The molecule has 0 amide bonds. The van der Waals surface area contributed by atoms with Gasteiger partial charge in [-0.25, -0.2) is 0 Å². The molecule has 1 aromatic carbocycles. The maximum atomic E-state index is 5.86. The van der Waals surface area contributed by atoms with Gasteiger partial charge in [0.2, 0.25) is 0 Å². The molecule has 0 N–H and O–H groups in total. The zero-order valence-corrected chi connectivity index (χ0v) is 10.7. The average molecular weight is 240 g/mol. The Morgan fingerprint density at radius 2 is 2.00 bits per heavy atom. The topological polar surface area (TPSA) is 27.7 Å². The Hall–Kier alpha value is -0.470. The summed E-state index contributed by atoms with van der Waals surface area (Å²) in [6.45, 7) is 4.95. The molecule has 0 spiro atoms. The van der Waals surface area contributed by atoms with Gasteiger partial charge in [0.15, 0.2) is 0 Å². The van der Waals surface area contributed by atoms with Crippen LogP contribution < -0.4 is 0 Å². The maximum absolute atomic E-state index is 5.86. The summed E-state index contributed by atoms with van der Waals surface area (Å²) in [6, 6.07) is 10.2. The lowest BCUT2D eigenvalue weighted by Crippen LogP contribution is -2.32. The summed E-state index contributed by atoms with van der Waals surface area (Å²) in [4.78, 5) is 0. The lowest BCUT2D eigenvalue weighted by molar-refractivity contribution is -0.0317. The van der Waals surface area contributed by atoms with Gasteiger partial charge in [-0.3, -0.25) is 0 Å². The van der Waals surface area contributed by atoms with Gasteiger partial charge in [0.05, 0.1) is 12.7 Å². The van der Waals surface area contributed by atoms with Crippen LogP contribution in [0.2, 0.25) is 0 Å². The van der Waals surface area contributed by atoms with E-state index >= 15 is 0 Å². The van der Waals surface area contributed by atoms with Crippen molar-refractivity contribution in [2.75, 3.05) is 13.7 Å². The number of hydrogen-bond acceptors (Lipinski definition) is 3. The quantitative estimate of drug-likeness (QED) is 0.738. The zero-order valence-electron chi connectivity index (χ0n) is 9.84. The highest BCUT2D eigenvalue weighted by Crippen LogP contribution is 2.55.